The molecule has 0 unspecified atom stereocenters. The average molecular weight is 418 g/mol. The van der Waals surface area contributed by atoms with E-state index in [1.807, 2.05) is 69.6 Å². The van der Waals surface area contributed by atoms with Crippen LogP contribution in [-0.4, -0.2) is 30.9 Å². The standard InChI is InChI=1S/C19H23N5O2S2/c1-11-13(3)27-18(20-11)21-17(25)14(4)28-19-23-22-16(24(19)5)12(2)26-15-9-7-6-8-10-15/h6-10,12,14H,1-5H3,(H,20,21,25)/t12-,14+/m1/s1. The van der Waals surface area contributed by atoms with Crippen LogP contribution in [-0.2, 0) is 11.8 Å². The van der Waals surface area contributed by atoms with Gasteiger partial charge >= 0.3 is 0 Å². The molecule has 0 spiro atoms. The van der Waals surface area contributed by atoms with E-state index < -0.39 is 0 Å². The van der Waals surface area contributed by atoms with Crippen molar-refractivity contribution < 1.29 is 9.53 Å². The van der Waals surface area contributed by atoms with Crippen molar-refractivity contribution in [3.63, 3.8) is 0 Å². The molecule has 0 aliphatic heterocycles. The number of benzene rings is 1. The van der Waals surface area contributed by atoms with Crippen molar-refractivity contribution >= 4 is 34.1 Å². The second-order valence-corrected chi connectivity index (χ2v) is 8.89. The second kappa shape index (κ2) is 8.74. The lowest BCUT2D eigenvalue weighted by Gasteiger charge is -2.14. The van der Waals surface area contributed by atoms with Crippen molar-refractivity contribution in [3.8, 4) is 5.75 Å². The Kier molecular flexibility index (Phi) is 6.35. The predicted molar refractivity (Wildman–Crippen MR) is 112 cm³/mol. The Labute approximate surface area is 172 Å². The van der Waals surface area contributed by atoms with Crippen molar-refractivity contribution in [2.24, 2.45) is 7.05 Å². The highest BCUT2D eigenvalue weighted by atomic mass is 32.2. The molecule has 1 aromatic carbocycles. The van der Waals surface area contributed by atoms with Crippen molar-refractivity contribution in [3.05, 3.63) is 46.7 Å². The van der Waals surface area contributed by atoms with Crippen LogP contribution in [0.15, 0.2) is 35.5 Å². The van der Waals surface area contributed by atoms with Gasteiger partial charge in [-0.2, -0.15) is 0 Å². The minimum atomic E-state index is -0.342. The van der Waals surface area contributed by atoms with Crippen LogP contribution in [0.4, 0.5) is 5.13 Å². The van der Waals surface area contributed by atoms with Crippen molar-refractivity contribution in [1.29, 1.82) is 0 Å². The maximum atomic E-state index is 12.5. The number of aryl methyl sites for hydroxylation is 2. The van der Waals surface area contributed by atoms with Crippen molar-refractivity contribution in [2.75, 3.05) is 5.32 Å². The Morgan fingerprint density at radius 3 is 2.57 bits per heavy atom. The van der Waals surface area contributed by atoms with Crippen molar-refractivity contribution in [1.82, 2.24) is 19.7 Å². The van der Waals surface area contributed by atoms with E-state index in [-0.39, 0.29) is 17.3 Å². The van der Waals surface area contributed by atoms with Crippen LogP contribution in [0.2, 0.25) is 0 Å². The summed E-state index contributed by atoms with van der Waals surface area (Å²) in [4.78, 5) is 17.9. The molecule has 0 aliphatic carbocycles. The topological polar surface area (TPSA) is 81.9 Å². The molecule has 3 rings (SSSR count). The largest absolute Gasteiger partial charge is 0.483 e. The van der Waals surface area contributed by atoms with Gasteiger partial charge in [0.1, 0.15) is 5.75 Å². The molecule has 28 heavy (non-hydrogen) atoms. The number of hydrogen-bond acceptors (Lipinski definition) is 7. The molecular weight excluding hydrogens is 394 g/mol. The molecule has 0 aliphatic rings. The number of carbonyl (C=O) groups excluding carboxylic acids is 1. The van der Waals surface area contributed by atoms with Gasteiger partial charge in [0.2, 0.25) is 5.91 Å². The normalized spacial score (nSPS) is 13.2. The van der Waals surface area contributed by atoms with E-state index in [1.165, 1.54) is 23.1 Å². The summed E-state index contributed by atoms with van der Waals surface area (Å²) in [6.45, 7) is 7.68. The van der Waals surface area contributed by atoms with Gasteiger partial charge in [-0.05, 0) is 39.8 Å². The lowest BCUT2D eigenvalue weighted by atomic mass is 10.3. The van der Waals surface area contributed by atoms with Gasteiger partial charge in [-0.15, -0.1) is 21.5 Å². The number of hydrogen-bond donors (Lipinski definition) is 1. The van der Waals surface area contributed by atoms with Crippen LogP contribution in [0, 0.1) is 13.8 Å². The highest BCUT2D eigenvalue weighted by molar-refractivity contribution is 8.00. The zero-order valence-corrected chi connectivity index (χ0v) is 18.1. The molecule has 0 saturated carbocycles. The van der Waals surface area contributed by atoms with E-state index in [0.717, 1.165) is 16.3 Å². The first kappa shape index (κ1) is 20.3. The number of thioether (sulfide) groups is 1. The Morgan fingerprint density at radius 1 is 1.21 bits per heavy atom. The summed E-state index contributed by atoms with van der Waals surface area (Å²) in [6.07, 6.45) is -0.264. The number of amides is 1. The number of nitrogens with one attached hydrogen (secondary N) is 1. The lowest BCUT2D eigenvalue weighted by Crippen LogP contribution is -2.22. The highest BCUT2D eigenvalue weighted by Gasteiger charge is 2.22. The SMILES string of the molecule is Cc1nc(NC(=O)[C@H](C)Sc2nnc([C@@H](C)Oc3ccccc3)n2C)sc1C. The molecule has 9 heteroatoms. The van der Waals surface area contributed by atoms with Gasteiger partial charge in [-0.3, -0.25) is 4.79 Å². The van der Waals surface area contributed by atoms with Crippen molar-refractivity contribution in [2.45, 2.75) is 44.2 Å². The average Bonchev–Trinajstić information content (AvgIpc) is 3.17. The molecule has 7 nitrogen and oxygen atoms in total. The third-order valence-electron chi connectivity index (χ3n) is 4.20. The fourth-order valence-electron chi connectivity index (χ4n) is 2.48. The zero-order valence-electron chi connectivity index (χ0n) is 16.5. The summed E-state index contributed by atoms with van der Waals surface area (Å²) in [6, 6.07) is 9.58. The molecule has 2 atom stereocenters. The summed E-state index contributed by atoms with van der Waals surface area (Å²) in [7, 11) is 1.88. The fraction of sp³-hybridized carbons (Fsp3) is 0.368. The van der Waals surface area contributed by atoms with E-state index in [9.17, 15) is 4.79 Å². The van der Waals surface area contributed by atoms with E-state index in [2.05, 4.69) is 20.5 Å². The number of rotatable bonds is 7. The second-order valence-electron chi connectivity index (χ2n) is 6.38. The quantitative estimate of drug-likeness (QED) is 0.582. The molecule has 1 amide bonds. The van der Waals surface area contributed by atoms with Crippen LogP contribution in [0.25, 0.3) is 0 Å². The number of carbonyl (C=O) groups is 1. The molecule has 0 bridgehead atoms. The predicted octanol–water partition coefficient (Wildman–Crippen LogP) is 4.15. The van der Waals surface area contributed by atoms with Gasteiger partial charge in [0.15, 0.2) is 22.2 Å². The van der Waals surface area contributed by atoms with Crippen LogP contribution in [0.3, 0.4) is 0 Å². The summed E-state index contributed by atoms with van der Waals surface area (Å²) in [5, 5.41) is 12.3. The maximum Gasteiger partial charge on any atom is 0.239 e. The summed E-state index contributed by atoms with van der Waals surface area (Å²) in [5.74, 6) is 1.36. The van der Waals surface area contributed by atoms with Gasteiger partial charge in [0.05, 0.1) is 10.9 Å². The number of ether oxygens (including phenoxy) is 1. The minimum absolute atomic E-state index is 0.114. The van der Waals surface area contributed by atoms with Crippen LogP contribution >= 0.6 is 23.1 Å². The third-order valence-corrected chi connectivity index (χ3v) is 6.32. The number of para-hydroxylation sites is 1. The Morgan fingerprint density at radius 2 is 1.93 bits per heavy atom. The van der Waals surface area contributed by atoms with Gasteiger partial charge in [-0.1, -0.05) is 30.0 Å². The molecule has 1 N–H and O–H groups in total. The zero-order chi connectivity index (χ0) is 20.3. The van der Waals surface area contributed by atoms with Gasteiger partial charge < -0.3 is 14.6 Å². The fourth-order valence-corrected chi connectivity index (χ4v) is 4.12. The minimum Gasteiger partial charge on any atom is -0.483 e. The maximum absolute atomic E-state index is 12.5. The monoisotopic (exact) mass is 417 g/mol. The Bertz CT molecular complexity index is 935. The Balaban J connectivity index is 1.63. The Hall–Kier alpha value is -2.39. The smallest absolute Gasteiger partial charge is 0.239 e. The van der Waals surface area contributed by atoms with E-state index in [4.69, 9.17) is 4.74 Å². The molecule has 0 radical (unpaired) electrons. The number of aromatic nitrogens is 4. The molecule has 0 saturated heterocycles. The first-order valence-electron chi connectivity index (χ1n) is 8.87. The van der Waals surface area contributed by atoms with Gasteiger partial charge in [0.25, 0.3) is 0 Å². The lowest BCUT2D eigenvalue weighted by molar-refractivity contribution is -0.115. The molecule has 2 aromatic heterocycles. The molecule has 0 fully saturated rings. The van der Waals surface area contributed by atoms with Crippen LogP contribution in [0.1, 0.15) is 36.3 Å². The first-order valence-corrected chi connectivity index (χ1v) is 10.6. The first-order chi connectivity index (χ1) is 13.3. The number of anilines is 1. The molecule has 2 heterocycles. The van der Waals surface area contributed by atoms with E-state index in [0.29, 0.717) is 16.1 Å². The van der Waals surface area contributed by atoms with Gasteiger partial charge in [0, 0.05) is 11.9 Å². The molecular formula is C19H23N5O2S2. The van der Waals surface area contributed by atoms with Crippen LogP contribution < -0.4 is 10.1 Å². The van der Waals surface area contributed by atoms with Gasteiger partial charge in [-0.25, -0.2) is 4.98 Å². The number of nitrogens with zero attached hydrogens (tertiary/aromatic N) is 4. The van der Waals surface area contributed by atoms with E-state index >= 15 is 0 Å². The highest BCUT2D eigenvalue weighted by Crippen LogP contribution is 2.27. The summed E-state index contributed by atoms with van der Waals surface area (Å²) in [5.41, 5.74) is 0.936. The van der Waals surface area contributed by atoms with Crippen LogP contribution in [0.5, 0.6) is 5.75 Å². The summed E-state index contributed by atoms with van der Waals surface area (Å²) < 4.78 is 7.78. The molecule has 3 aromatic rings. The molecule has 148 valence electrons. The van der Waals surface area contributed by atoms with E-state index in [1.54, 1.807) is 0 Å². The number of thiazole rings is 1. The summed E-state index contributed by atoms with van der Waals surface area (Å²) >= 11 is 2.83. The third kappa shape index (κ3) is 4.71.